The highest BCUT2D eigenvalue weighted by atomic mass is 32.2. The van der Waals surface area contributed by atoms with Crippen LogP contribution in [0.1, 0.15) is 40.2 Å². The van der Waals surface area contributed by atoms with Crippen LogP contribution in [-0.2, 0) is 10.0 Å². The largest absolute Gasteiger partial charge is 0.363 e. The number of likely N-dealkylation sites (tertiary alicyclic amines) is 1. The third-order valence-electron chi connectivity index (χ3n) is 6.75. The second-order valence-corrected chi connectivity index (χ2v) is 10.9. The summed E-state index contributed by atoms with van der Waals surface area (Å²) >= 11 is 0. The maximum atomic E-state index is 14.0. The first-order valence-corrected chi connectivity index (χ1v) is 13.8. The van der Waals surface area contributed by atoms with Crippen molar-refractivity contribution < 1.29 is 30.9 Å². The average molecular weight is 572 g/mol. The van der Waals surface area contributed by atoms with E-state index in [1.54, 1.807) is 17.0 Å². The smallest absolute Gasteiger partial charge is 0.280 e. The molecule has 0 saturated carbocycles. The van der Waals surface area contributed by atoms with Crippen molar-refractivity contribution in [1.29, 1.82) is 0 Å². The zero-order chi connectivity index (χ0) is 28.4. The van der Waals surface area contributed by atoms with E-state index in [0.29, 0.717) is 25.9 Å². The van der Waals surface area contributed by atoms with Gasteiger partial charge in [-0.15, -0.1) is 0 Å². The number of piperidine rings is 1. The number of halogens is 3. The van der Waals surface area contributed by atoms with Crippen LogP contribution in [0, 0.1) is 24.4 Å². The monoisotopic (exact) mass is 571 g/mol. The van der Waals surface area contributed by atoms with Crippen LogP contribution in [-0.4, -0.2) is 42.5 Å². The number of carbonyl (C=O) groups excluding carboxylic acids is 1. The summed E-state index contributed by atoms with van der Waals surface area (Å²) in [6.07, 6.45) is 3.61. The van der Waals surface area contributed by atoms with E-state index >= 15 is 0 Å². The third-order valence-corrected chi connectivity index (χ3v) is 8.15. The van der Waals surface area contributed by atoms with Gasteiger partial charge >= 0.3 is 0 Å². The Morgan fingerprint density at radius 2 is 1.75 bits per heavy atom. The van der Waals surface area contributed by atoms with Crippen LogP contribution >= 0.6 is 0 Å². The number of benzene rings is 2. The summed E-state index contributed by atoms with van der Waals surface area (Å²) in [6, 6.07) is 10.7. The maximum absolute atomic E-state index is 14.0. The lowest BCUT2D eigenvalue weighted by Crippen LogP contribution is -2.38. The molecule has 0 radical (unpaired) electrons. The number of anilines is 3. The lowest BCUT2D eigenvalue weighted by molar-refractivity contribution is 0.0713. The number of rotatable bonds is 7. The van der Waals surface area contributed by atoms with Crippen molar-refractivity contribution >= 4 is 33.1 Å². The maximum Gasteiger partial charge on any atom is 0.280 e. The number of pyridine rings is 1. The number of nitrogens with zero attached hydrogens (tertiary/aromatic N) is 3. The molecule has 1 aliphatic rings. The fraction of sp³-hybridized carbons (Fsp3) is 0.222. The number of hydrogen-bond donors (Lipinski definition) is 2. The molecule has 9 nitrogen and oxygen atoms in total. The Morgan fingerprint density at radius 3 is 2.40 bits per heavy atom. The van der Waals surface area contributed by atoms with Gasteiger partial charge in [-0.05, 0) is 55.5 Å². The molecule has 40 heavy (non-hydrogen) atoms. The normalized spacial score (nSPS) is 14.2. The number of nitrogens with one attached hydrogen (secondary N) is 2. The summed E-state index contributed by atoms with van der Waals surface area (Å²) in [7, 11) is -4.26. The van der Waals surface area contributed by atoms with Gasteiger partial charge in [-0.3, -0.25) is 9.52 Å². The number of hydrogen-bond acceptors (Lipinski definition) is 7. The van der Waals surface area contributed by atoms with Crippen LogP contribution in [0.3, 0.4) is 0 Å². The standard InChI is InChI=1S/C27H24F3N5O4S/c1-16-25(32-20-6-7-22(29)23(30)14-20)21(15-31-26(16)40(37,38)34-24-10-13-39-33-24)27(36)35-11-8-18(9-12-35)17-2-4-19(28)5-3-17/h2-7,10,13-15,18H,8-9,11-12H2,1H3,(H,31,32)(H,33,34). The molecule has 0 unspecified atom stereocenters. The molecule has 2 aromatic carbocycles. The number of sulfonamides is 1. The van der Waals surface area contributed by atoms with Gasteiger partial charge < -0.3 is 14.7 Å². The van der Waals surface area contributed by atoms with Crippen molar-refractivity contribution in [2.75, 3.05) is 23.1 Å². The van der Waals surface area contributed by atoms with Crippen LogP contribution in [0.25, 0.3) is 0 Å². The van der Waals surface area contributed by atoms with E-state index in [0.717, 1.165) is 23.9 Å². The molecule has 5 rings (SSSR count). The van der Waals surface area contributed by atoms with E-state index in [2.05, 4.69) is 24.7 Å². The molecule has 4 aromatic rings. The van der Waals surface area contributed by atoms with Gasteiger partial charge in [0.25, 0.3) is 15.9 Å². The molecule has 0 bridgehead atoms. The number of aromatic nitrogens is 2. The molecule has 1 fully saturated rings. The highest BCUT2D eigenvalue weighted by Crippen LogP contribution is 2.33. The van der Waals surface area contributed by atoms with Gasteiger partial charge in [-0.25, -0.2) is 18.2 Å². The lowest BCUT2D eigenvalue weighted by atomic mass is 9.89. The second kappa shape index (κ2) is 11.0. The van der Waals surface area contributed by atoms with Crippen molar-refractivity contribution in [2.24, 2.45) is 0 Å². The van der Waals surface area contributed by atoms with Crippen LogP contribution in [0.2, 0.25) is 0 Å². The summed E-state index contributed by atoms with van der Waals surface area (Å²) in [4.78, 5) is 19.4. The molecule has 3 heterocycles. The summed E-state index contributed by atoms with van der Waals surface area (Å²) < 4.78 is 73.9. The Kier molecular flexibility index (Phi) is 7.48. The van der Waals surface area contributed by atoms with Crippen molar-refractivity contribution in [1.82, 2.24) is 15.0 Å². The van der Waals surface area contributed by atoms with E-state index in [4.69, 9.17) is 0 Å². The molecule has 2 aromatic heterocycles. The number of carbonyl (C=O) groups is 1. The molecule has 208 valence electrons. The quantitative estimate of drug-likeness (QED) is 0.307. The van der Waals surface area contributed by atoms with Crippen LogP contribution < -0.4 is 10.0 Å². The van der Waals surface area contributed by atoms with Crippen molar-refractivity contribution in [2.45, 2.75) is 30.7 Å². The third kappa shape index (κ3) is 5.64. The first-order valence-electron chi connectivity index (χ1n) is 12.3. The van der Waals surface area contributed by atoms with Crippen molar-refractivity contribution in [3.05, 3.63) is 95.1 Å². The minimum Gasteiger partial charge on any atom is -0.363 e. The zero-order valence-electron chi connectivity index (χ0n) is 21.2. The predicted octanol–water partition coefficient (Wildman–Crippen LogP) is 5.36. The summed E-state index contributed by atoms with van der Waals surface area (Å²) in [5, 5.41) is 6.03. The van der Waals surface area contributed by atoms with E-state index < -0.39 is 32.6 Å². The highest BCUT2D eigenvalue weighted by Gasteiger charge is 2.30. The minimum absolute atomic E-state index is 0.0582. The van der Waals surface area contributed by atoms with Crippen LogP contribution in [0.15, 0.2) is 70.5 Å². The van der Waals surface area contributed by atoms with Gasteiger partial charge in [0, 0.05) is 42.7 Å². The number of amides is 1. The molecular weight excluding hydrogens is 547 g/mol. The molecular formula is C27H24F3N5O4S. The predicted molar refractivity (Wildman–Crippen MR) is 140 cm³/mol. The van der Waals surface area contributed by atoms with Gasteiger partial charge in [-0.1, -0.05) is 17.3 Å². The van der Waals surface area contributed by atoms with Crippen molar-refractivity contribution in [3.8, 4) is 0 Å². The van der Waals surface area contributed by atoms with Gasteiger partial charge in [0.2, 0.25) is 0 Å². The van der Waals surface area contributed by atoms with Gasteiger partial charge in [-0.2, -0.15) is 8.42 Å². The fourth-order valence-corrected chi connectivity index (χ4v) is 5.85. The Bertz CT molecular complexity index is 1640. The Hall–Kier alpha value is -4.39. The minimum atomic E-state index is -4.26. The molecule has 13 heteroatoms. The fourth-order valence-electron chi connectivity index (χ4n) is 4.68. The summed E-state index contributed by atoms with van der Waals surface area (Å²) in [6.45, 7) is 2.25. The molecule has 0 spiro atoms. The zero-order valence-corrected chi connectivity index (χ0v) is 22.0. The molecule has 0 atom stereocenters. The molecule has 2 N–H and O–H groups in total. The Morgan fingerprint density at radius 1 is 1.02 bits per heavy atom. The lowest BCUT2D eigenvalue weighted by Gasteiger charge is -2.33. The average Bonchev–Trinajstić information content (AvgIpc) is 3.44. The van der Waals surface area contributed by atoms with E-state index in [9.17, 15) is 26.4 Å². The van der Waals surface area contributed by atoms with E-state index in [1.165, 1.54) is 37.5 Å². The molecule has 0 aliphatic carbocycles. The summed E-state index contributed by atoms with van der Waals surface area (Å²) in [5.74, 6) is -2.82. The van der Waals surface area contributed by atoms with Gasteiger partial charge in [0.15, 0.2) is 22.5 Å². The van der Waals surface area contributed by atoms with Gasteiger partial charge in [0.05, 0.1) is 11.3 Å². The van der Waals surface area contributed by atoms with Crippen molar-refractivity contribution in [3.63, 3.8) is 0 Å². The van der Waals surface area contributed by atoms with Crippen LogP contribution in [0.5, 0.6) is 0 Å². The van der Waals surface area contributed by atoms with E-state index in [1.807, 2.05) is 0 Å². The van der Waals surface area contributed by atoms with Gasteiger partial charge in [0.1, 0.15) is 12.1 Å². The van der Waals surface area contributed by atoms with E-state index in [-0.39, 0.29) is 40.1 Å². The Labute approximate surface area is 228 Å². The molecule has 1 saturated heterocycles. The van der Waals surface area contributed by atoms with Crippen LogP contribution in [0.4, 0.5) is 30.4 Å². The second-order valence-electron chi connectivity index (χ2n) is 9.34. The molecule has 1 aliphatic heterocycles. The first-order chi connectivity index (χ1) is 19.1. The Balaban J connectivity index is 1.46. The highest BCUT2D eigenvalue weighted by molar-refractivity contribution is 7.92. The SMILES string of the molecule is Cc1c(S(=O)(=O)Nc2ccon2)ncc(C(=O)N2CCC(c3ccc(F)cc3)CC2)c1Nc1ccc(F)c(F)c1. The first kappa shape index (κ1) is 27.2. The molecule has 1 amide bonds. The summed E-state index contributed by atoms with van der Waals surface area (Å²) in [5.41, 5.74) is 1.30. The topological polar surface area (TPSA) is 117 Å².